The maximum atomic E-state index is 14.3. The standard InChI is InChI=1S/C17H12ClFN4O/c18-12-4-1-5-13(19)15(12)11-7-14(24)22-17-16(11)21-9-23(17)10-3-2-6-20-8-10/h1-6,8-9,11H,7H2,(H,22,24)/t11-/m1/s1. The molecule has 3 aromatic rings. The van der Waals surface area contributed by atoms with Crippen molar-refractivity contribution >= 4 is 23.3 Å². The molecule has 0 bridgehead atoms. The van der Waals surface area contributed by atoms with Gasteiger partial charge in [-0.15, -0.1) is 0 Å². The summed E-state index contributed by atoms with van der Waals surface area (Å²) in [5, 5.41) is 3.10. The molecule has 1 aromatic carbocycles. The summed E-state index contributed by atoms with van der Waals surface area (Å²) >= 11 is 6.18. The molecule has 5 nitrogen and oxygen atoms in total. The van der Waals surface area contributed by atoms with Gasteiger partial charge in [0.05, 0.1) is 17.6 Å². The first kappa shape index (κ1) is 14.8. The number of amides is 1. The molecule has 0 radical (unpaired) electrons. The number of aromatic nitrogens is 3. The topological polar surface area (TPSA) is 59.8 Å². The van der Waals surface area contributed by atoms with E-state index >= 15 is 0 Å². The van der Waals surface area contributed by atoms with Gasteiger partial charge in [0.2, 0.25) is 5.91 Å². The zero-order chi connectivity index (χ0) is 16.7. The fourth-order valence-corrected chi connectivity index (χ4v) is 3.28. The van der Waals surface area contributed by atoms with E-state index in [4.69, 9.17) is 11.6 Å². The van der Waals surface area contributed by atoms with Crippen molar-refractivity contribution in [1.29, 1.82) is 0 Å². The van der Waals surface area contributed by atoms with E-state index in [1.807, 2.05) is 6.07 Å². The summed E-state index contributed by atoms with van der Waals surface area (Å²) in [5.74, 6) is -0.662. The third-order valence-electron chi connectivity index (χ3n) is 4.05. The zero-order valence-corrected chi connectivity index (χ0v) is 13.2. The number of carbonyl (C=O) groups is 1. The van der Waals surface area contributed by atoms with Crippen LogP contribution in [0.5, 0.6) is 0 Å². The number of benzene rings is 1. The van der Waals surface area contributed by atoms with Crippen molar-refractivity contribution in [2.24, 2.45) is 0 Å². The van der Waals surface area contributed by atoms with Crippen molar-refractivity contribution in [3.63, 3.8) is 0 Å². The van der Waals surface area contributed by atoms with Gasteiger partial charge in [-0.05, 0) is 24.3 Å². The molecule has 0 saturated carbocycles. The van der Waals surface area contributed by atoms with Crippen molar-refractivity contribution in [2.75, 3.05) is 5.32 Å². The molecule has 24 heavy (non-hydrogen) atoms. The van der Waals surface area contributed by atoms with Crippen LogP contribution in [0.3, 0.4) is 0 Å². The number of carbonyl (C=O) groups excluding carboxylic acids is 1. The Hall–Kier alpha value is -2.73. The van der Waals surface area contributed by atoms with E-state index < -0.39 is 11.7 Å². The normalized spacial score (nSPS) is 16.6. The highest BCUT2D eigenvalue weighted by Crippen LogP contribution is 2.40. The first-order valence-electron chi connectivity index (χ1n) is 7.36. The van der Waals surface area contributed by atoms with E-state index in [1.54, 1.807) is 41.5 Å². The van der Waals surface area contributed by atoms with Gasteiger partial charge in [-0.25, -0.2) is 9.37 Å². The van der Waals surface area contributed by atoms with E-state index in [0.717, 1.165) is 5.69 Å². The number of anilines is 1. The molecule has 1 atom stereocenters. The Labute approximate surface area is 142 Å². The van der Waals surface area contributed by atoms with Crippen LogP contribution in [0, 0.1) is 5.82 Å². The molecule has 1 aliphatic rings. The minimum absolute atomic E-state index is 0.0949. The third-order valence-corrected chi connectivity index (χ3v) is 4.38. The molecular formula is C17H12ClFN4O. The summed E-state index contributed by atoms with van der Waals surface area (Å²) in [4.78, 5) is 20.7. The lowest BCUT2D eigenvalue weighted by molar-refractivity contribution is -0.116. The lowest BCUT2D eigenvalue weighted by Gasteiger charge is -2.24. The maximum absolute atomic E-state index is 14.3. The number of rotatable bonds is 2. The summed E-state index contributed by atoms with van der Waals surface area (Å²) in [7, 11) is 0. The van der Waals surface area contributed by atoms with Crippen LogP contribution in [-0.2, 0) is 4.79 Å². The Morgan fingerprint density at radius 1 is 1.29 bits per heavy atom. The van der Waals surface area contributed by atoms with E-state index in [-0.39, 0.29) is 17.4 Å². The van der Waals surface area contributed by atoms with Crippen LogP contribution in [0.1, 0.15) is 23.6 Å². The molecule has 0 spiro atoms. The van der Waals surface area contributed by atoms with E-state index in [0.29, 0.717) is 17.1 Å². The Balaban J connectivity index is 1.88. The Kier molecular flexibility index (Phi) is 3.54. The van der Waals surface area contributed by atoms with Crippen LogP contribution in [-0.4, -0.2) is 20.4 Å². The molecule has 120 valence electrons. The highest BCUT2D eigenvalue weighted by molar-refractivity contribution is 6.31. The highest BCUT2D eigenvalue weighted by Gasteiger charge is 2.33. The number of hydrogen-bond donors (Lipinski definition) is 1. The van der Waals surface area contributed by atoms with Crippen LogP contribution in [0.2, 0.25) is 5.02 Å². The minimum atomic E-state index is -0.527. The summed E-state index contributed by atoms with van der Waals surface area (Å²) < 4.78 is 16.0. The molecule has 0 saturated heterocycles. The van der Waals surface area contributed by atoms with E-state index in [1.165, 1.54) is 6.07 Å². The number of hydrogen-bond acceptors (Lipinski definition) is 3. The molecule has 1 aliphatic heterocycles. The highest BCUT2D eigenvalue weighted by atomic mass is 35.5. The van der Waals surface area contributed by atoms with Gasteiger partial charge < -0.3 is 5.32 Å². The van der Waals surface area contributed by atoms with Crippen LogP contribution >= 0.6 is 11.6 Å². The molecular weight excluding hydrogens is 331 g/mol. The summed E-state index contributed by atoms with van der Waals surface area (Å²) in [6, 6.07) is 8.13. The second kappa shape index (κ2) is 5.72. The average molecular weight is 343 g/mol. The Bertz CT molecular complexity index is 905. The number of pyridine rings is 1. The van der Waals surface area contributed by atoms with Crippen molar-refractivity contribution in [2.45, 2.75) is 12.3 Å². The van der Waals surface area contributed by atoms with Crippen molar-refractivity contribution in [1.82, 2.24) is 14.5 Å². The fourth-order valence-electron chi connectivity index (χ4n) is 2.98. The van der Waals surface area contributed by atoms with Crippen LogP contribution < -0.4 is 5.32 Å². The fraction of sp³-hybridized carbons (Fsp3) is 0.118. The molecule has 0 fully saturated rings. The molecule has 3 heterocycles. The van der Waals surface area contributed by atoms with Crippen molar-refractivity contribution in [3.05, 3.63) is 71.2 Å². The van der Waals surface area contributed by atoms with Crippen molar-refractivity contribution < 1.29 is 9.18 Å². The van der Waals surface area contributed by atoms with E-state index in [2.05, 4.69) is 15.3 Å². The maximum Gasteiger partial charge on any atom is 0.226 e. The van der Waals surface area contributed by atoms with Gasteiger partial charge in [0.15, 0.2) is 0 Å². The smallest absolute Gasteiger partial charge is 0.226 e. The molecule has 0 unspecified atom stereocenters. The Morgan fingerprint density at radius 3 is 2.92 bits per heavy atom. The third kappa shape index (κ3) is 2.35. The predicted octanol–water partition coefficient (Wildman–Crippen LogP) is 3.53. The van der Waals surface area contributed by atoms with Gasteiger partial charge in [-0.2, -0.15) is 0 Å². The largest absolute Gasteiger partial charge is 0.310 e. The second-order valence-electron chi connectivity index (χ2n) is 5.50. The van der Waals surface area contributed by atoms with Crippen LogP contribution in [0.4, 0.5) is 10.2 Å². The minimum Gasteiger partial charge on any atom is -0.310 e. The average Bonchev–Trinajstić information content (AvgIpc) is 2.99. The number of halogens is 2. The first-order chi connectivity index (χ1) is 11.6. The second-order valence-corrected chi connectivity index (χ2v) is 5.91. The molecule has 0 aliphatic carbocycles. The quantitative estimate of drug-likeness (QED) is 0.775. The lowest BCUT2D eigenvalue weighted by Crippen LogP contribution is -2.25. The Morgan fingerprint density at radius 2 is 2.17 bits per heavy atom. The van der Waals surface area contributed by atoms with Gasteiger partial charge in [0.1, 0.15) is 18.0 Å². The molecule has 1 N–H and O–H groups in total. The molecule has 1 amide bonds. The lowest BCUT2D eigenvalue weighted by atomic mass is 9.89. The first-order valence-corrected chi connectivity index (χ1v) is 7.74. The number of imidazole rings is 1. The predicted molar refractivity (Wildman–Crippen MR) is 87.9 cm³/mol. The van der Waals surface area contributed by atoms with Gasteiger partial charge in [0, 0.05) is 29.1 Å². The van der Waals surface area contributed by atoms with Crippen molar-refractivity contribution in [3.8, 4) is 5.69 Å². The van der Waals surface area contributed by atoms with E-state index in [9.17, 15) is 9.18 Å². The summed E-state index contributed by atoms with van der Waals surface area (Å²) in [6.45, 7) is 0. The monoisotopic (exact) mass is 342 g/mol. The molecule has 2 aromatic heterocycles. The summed E-state index contributed by atoms with van der Waals surface area (Å²) in [6.07, 6.45) is 5.01. The van der Waals surface area contributed by atoms with Gasteiger partial charge in [-0.3, -0.25) is 14.3 Å². The van der Waals surface area contributed by atoms with Crippen LogP contribution in [0.15, 0.2) is 49.1 Å². The van der Waals surface area contributed by atoms with Gasteiger partial charge >= 0.3 is 0 Å². The number of fused-ring (bicyclic) bond motifs is 1. The van der Waals surface area contributed by atoms with Crippen LogP contribution in [0.25, 0.3) is 5.69 Å². The summed E-state index contributed by atoms with van der Waals surface area (Å²) in [5.41, 5.74) is 1.64. The van der Waals surface area contributed by atoms with Gasteiger partial charge in [-0.1, -0.05) is 17.7 Å². The number of nitrogens with zero attached hydrogens (tertiary/aromatic N) is 3. The molecule has 7 heteroatoms. The molecule has 4 rings (SSSR count). The van der Waals surface area contributed by atoms with Gasteiger partial charge in [0.25, 0.3) is 0 Å². The number of nitrogens with one attached hydrogen (secondary N) is 1. The SMILES string of the molecule is O=C1C[C@H](c2c(F)cccc2Cl)c2ncn(-c3cccnc3)c2N1. The zero-order valence-electron chi connectivity index (χ0n) is 12.4.